The Hall–Kier alpha value is -1.42. The van der Waals surface area contributed by atoms with E-state index in [0.717, 1.165) is 0 Å². The number of halogens is 1. The molecule has 0 saturated heterocycles. The smallest absolute Gasteiger partial charge is 0.134 e. The third-order valence-electron chi connectivity index (χ3n) is 2.10. The lowest BCUT2D eigenvalue weighted by atomic mass is 10.1. The average molecular weight is 180 g/mol. The molecular weight excluding hydrogens is 171 g/mol. The van der Waals surface area contributed by atoms with Crippen LogP contribution >= 0.6 is 0 Å². The summed E-state index contributed by atoms with van der Waals surface area (Å²) >= 11 is 0. The van der Waals surface area contributed by atoms with Crippen LogP contribution in [0.1, 0.15) is 5.56 Å². The number of fused-ring (bicyclic) bond motifs is 1. The molecule has 0 unspecified atom stereocenters. The normalized spacial score (nSPS) is 11.0. The maximum atomic E-state index is 13.2. The summed E-state index contributed by atoms with van der Waals surface area (Å²) in [7, 11) is 1.72. The standard InChI is InChI=1S/C9H9FN2O/c1-12-9-6(5-13)2-3-8(10)7(9)4-11-12/h2-4,13H,5H2,1H3. The molecule has 0 saturated carbocycles. The number of hydrogen-bond donors (Lipinski definition) is 1. The minimum absolute atomic E-state index is 0.101. The molecule has 2 aromatic rings. The van der Waals surface area contributed by atoms with Crippen molar-refractivity contribution in [3.05, 3.63) is 29.7 Å². The van der Waals surface area contributed by atoms with Crippen LogP contribution in [0.3, 0.4) is 0 Å². The first-order valence-electron chi connectivity index (χ1n) is 3.94. The average Bonchev–Trinajstić information content (AvgIpc) is 2.51. The van der Waals surface area contributed by atoms with Gasteiger partial charge in [0.25, 0.3) is 0 Å². The van der Waals surface area contributed by atoms with Gasteiger partial charge < -0.3 is 5.11 Å². The second kappa shape index (κ2) is 2.81. The lowest BCUT2D eigenvalue weighted by molar-refractivity contribution is 0.282. The van der Waals surface area contributed by atoms with Gasteiger partial charge >= 0.3 is 0 Å². The molecule has 1 heterocycles. The molecular formula is C9H9FN2O. The zero-order valence-electron chi connectivity index (χ0n) is 7.16. The summed E-state index contributed by atoms with van der Waals surface area (Å²) in [5.74, 6) is -0.305. The Morgan fingerprint density at radius 3 is 3.00 bits per heavy atom. The van der Waals surface area contributed by atoms with Gasteiger partial charge in [0.1, 0.15) is 5.82 Å². The lowest BCUT2D eigenvalue weighted by Gasteiger charge is -2.01. The predicted octanol–water partition coefficient (Wildman–Crippen LogP) is 1.20. The van der Waals surface area contributed by atoms with Crippen molar-refractivity contribution in [1.29, 1.82) is 0 Å². The Balaban J connectivity index is 2.88. The Kier molecular flexibility index (Phi) is 1.77. The van der Waals surface area contributed by atoms with E-state index < -0.39 is 0 Å². The van der Waals surface area contributed by atoms with Crippen LogP contribution in [-0.2, 0) is 13.7 Å². The van der Waals surface area contributed by atoms with Crippen molar-refractivity contribution in [2.24, 2.45) is 7.05 Å². The fraction of sp³-hybridized carbons (Fsp3) is 0.222. The monoisotopic (exact) mass is 180 g/mol. The van der Waals surface area contributed by atoms with Gasteiger partial charge in [0, 0.05) is 12.6 Å². The van der Waals surface area contributed by atoms with Gasteiger partial charge in [-0.3, -0.25) is 4.68 Å². The molecule has 0 aliphatic rings. The summed E-state index contributed by atoms with van der Waals surface area (Å²) in [6.45, 7) is -0.101. The zero-order chi connectivity index (χ0) is 9.42. The van der Waals surface area contributed by atoms with Crippen LogP contribution < -0.4 is 0 Å². The van der Waals surface area contributed by atoms with Crippen LogP contribution in [0.4, 0.5) is 4.39 Å². The van der Waals surface area contributed by atoms with Crippen LogP contribution in [0.5, 0.6) is 0 Å². The first kappa shape index (κ1) is 8.19. The first-order chi connectivity index (χ1) is 6.24. The van der Waals surface area contributed by atoms with Gasteiger partial charge in [-0.1, -0.05) is 6.07 Å². The number of benzene rings is 1. The molecule has 0 amide bonds. The van der Waals surface area contributed by atoms with E-state index in [1.165, 1.54) is 12.3 Å². The molecule has 4 heteroatoms. The Bertz CT molecular complexity index is 450. The molecule has 0 aliphatic heterocycles. The van der Waals surface area contributed by atoms with Crippen molar-refractivity contribution < 1.29 is 9.50 Å². The number of aliphatic hydroxyl groups is 1. The van der Waals surface area contributed by atoms with Gasteiger partial charge in [-0.2, -0.15) is 5.10 Å². The van der Waals surface area contributed by atoms with Crippen molar-refractivity contribution in [1.82, 2.24) is 9.78 Å². The highest BCUT2D eigenvalue weighted by Gasteiger charge is 2.08. The predicted molar refractivity (Wildman–Crippen MR) is 46.6 cm³/mol. The molecule has 0 spiro atoms. The highest BCUT2D eigenvalue weighted by atomic mass is 19.1. The molecule has 68 valence electrons. The van der Waals surface area contributed by atoms with Gasteiger partial charge in [-0.15, -0.1) is 0 Å². The van der Waals surface area contributed by atoms with Crippen molar-refractivity contribution in [3.63, 3.8) is 0 Å². The minimum Gasteiger partial charge on any atom is -0.392 e. The third-order valence-corrected chi connectivity index (χ3v) is 2.10. The maximum Gasteiger partial charge on any atom is 0.134 e. The molecule has 13 heavy (non-hydrogen) atoms. The molecule has 1 aromatic heterocycles. The SMILES string of the molecule is Cn1ncc2c(F)ccc(CO)c21. The second-order valence-corrected chi connectivity index (χ2v) is 2.90. The number of aliphatic hydroxyl groups excluding tert-OH is 1. The summed E-state index contributed by atoms with van der Waals surface area (Å²) in [5.41, 5.74) is 1.35. The second-order valence-electron chi connectivity index (χ2n) is 2.90. The van der Waals surface area contributed by atoms with Gasteiger partial charge in [0.2, 0.25) is 0 Å². The molecule has 0 atom stereocenters. The molecule has 0 radical (unpaired) electrons. The summed E-state index contributed by atoms with van der Waals surface area (Å²) in [4.78, 5) is 0. The maximum absolute atomic E-state index is 13.2. The van der Waals surface area contributed by atoms with Crippen LogP contribution in [-0.4, -0.2) is 14.9 Å². The third kappa shape index (κ3) is 1.10. The van der Waals surface area contributed by atoms with E-state index in [1.807, 2.05) is 0 Å². The van der Waals surface area contributed by atoms with Crippen LogP contribution in [0, 0.1) is 5.82 Å². The van der Waals surface area contributed by atoms with E-state index in [4.69, 9.17) is 5.11 Å². The van der Waals surface area contributed by atoms with E-state index in [-0.39, 0.29) is 12.4 Å². The summed E-state index contributed by atoms with van der Waals surface area (Å²) in [5, 5.41) is 13.4. The van der Waals surface area contributed by atoms with E-state index in [0.29, 0.717) is 16.5 Å². The Labute approximate surface area is 74.4 Å². The lowest BCUT2D eigenvalue weighted by Crippen LogP contribution is -1.95. The number of aromatic nitrogens is 2. The molecule has 1 aromatic carbocycles. The molecule has 0 bridgehead atoms. The van der Waals surface area contributed by atoms with Crippen LogP contribution in [0.2, 0.25) is 0 Å². The largest absolute Gasteiger partial charge is 0.392 e. The van der Waals surface area contributed by atoms with Crippen molar-refractivity contribution in [2.45, 2.75) is 6.61 Å². The first-order valence-corrected chi connectivity index (χ1v) is 3.94. The van der Waals surface area contributed by atoms with Gasteiger partial charge in [-0.05, 0) is 6.07 Å². The highest BCUT2D eigenvalue weighted by Crippen LogP contribution is 2.20. The fourth-order valence-electron chi connectivity index (χ4n) is 1.46. The minimum atomic E-state index is -0.305. The van der Waals surface area contributed by atoms with E-state index in [2.05, 4.69) is 5.10 Å². The van der Waals surface area contributed by atoms with E-state index >= 15 is 0 Å². The highest BCUT2D eigenvalue weighted by molar-refractivity contribution is 5.82. The summed E-state index contributed by atoms with van der Waals surface area (Å²) < 4.78 is 14.7. The Morgan fingerprint density at radius 2 is 2.31 bits per heavy atom. The number of aryl methyl sites for hydroxylation is 1. The fourth-order valence-corrected chi connectivity index (χ4v) is 1.46. The summed E-state index contributed by atoms with van der Waals surface area (Å²) in [6, 6.07) is 2.91. The van der Waals surface area contributed by atoms with Gasteiger partial charge in [0.05, 0.1) is 23.7 Å². The van der Waals surface area contributed by atoms with Gasteiger partial charge in [-0.25, -0.2) is 4.39 Å². The summed E-state index contributed by atoms with van der Waals surface area (Å²) in [6.07, 6.45) is 1.46. The molecule has 3 nitrogen and oxygen atoms in total. The van der Waals surface area contributed by atoms with Crippen molar-refractivity contribution in [2.75, 3.05) is 0 Å². The topological polar surface area (TPSA) is 38.0 Å². The number of rotatable bonds is 1. The van der Waals surface area contributed by atoms with Crippen LogP contribution in [0.15, 0.2) is 18.3 Å². The van der Waals surface area contributed by atoms with E-state index in [1.54, 1.807) is 17.8 Å². The number of nitrogens with zero attached hydrogens (tertiary/aromatic N) is 2. The molecule has 2 rings (SSSR count). The van der Waals surface area contributed by atoms with Crippen LogP contribution in [0.25, 0.3) is 10.9 Å². The molecule has 1 N–H and O–H groups in total. The van der Waals surface area contributed by atoms with Crippen molar-refractivity contribution in [3.8, 4) is 0 Å². The van der Waals surface area contributed by atoms with Gasteiger partial charge in [0.15, 0.2) is 0 Å². The quantitative estimate of drug-likeness (QED) is 0.716. The molecule has 0 aliphatic carbocycles. The zero-order valence-corrected chi connectivity index (χ0v) is 7.16. The Morgan fingerprint density at radius 1 is 1.54 bits per heavy atom. The molecule has 0 fully saturated rings. The van der Waals surface area contributed by atoms with Crippen molar-refractivity contribution >= 4 is 10.9 Å². The number of hydrogen-bond acceptors (Lipinski definition) is 2. The van der Waals surface area contributed by atoms with E-state index in [9.17, 15) is 4.39 Å².